The van der Waals surface area contributed by atoms with Gasteiger partial charge >= 0.3 is 0 Å². The van der Waals surface area contributed by atoms with E-state index in [1.54, 1.807) is 0 Å². The van der Waals surface area contributed by atoms with Crippen LogP contribution in [-0.2, 0) is 0 Å². The fourth-order valence-electron chi connectivity index (χ4n) is 3.50. The summed E-state index contributed by atoms with van der Waals surface area (Å²) in [5.74, 6) is 0. The minimum absolute atomic E-state index is 0.371. The number of anilines is 1. The van der Waals surface area contributed by atoms with Crippen molar-refractivity contribution in [3.8, 4) is 0 Å². The van der Waals surface area contributed by atoms with Crippen LogP contribution >= 0.6 is 0 Å². The van der Waals surface area contributed by atoms with Crippen molar-refractivity contribution in [3.63, 3.8) is 0 Å². The van der Waals surface area contributed by atoms with E-state index in [0.29, 0.717) is 11.6 Å². The fourth-order valence-corrected chi connectivity index (χ4v) is 3.50. The van der Waals surface area contributed by atoms with Crippen LogP contribution in [0, 0.1) is 0 Å². The first-order valence-corrected chi connectivity index (χ1v) is 7.73. The van der Waals surface area contributed by atoms with Crippen molar-refractivity contribution in [2.45, 2.75) is 57.5 Å². The zero-order chi connectivity index (χ0) is 13.3. The molecule has 106 valence electrons. The third-order valence-electron chi connectivity index (χ3n) is 4.64. The Bertz CT molecular complexity index is 418. The first-order chi connectivity index (χ1) is 9.19. The van der Waals surface area contributed by atoms with Crippen molar-refractivity contribution in [3.05, 3.63) is 12.4 Å². The maximum absolute atomic E-state index is 4.49. The van der Waals surface area contributed by atoms with E-state index in [-0.39, 0.29) is 0 Å². The lowest BCUT2D eigenvalue weighted by Gasteiger charge is -2.33. The Labute approximate surface area is 116 Å². The highest BCUT2D eigenvalue weighted by molar-refractivity contribution is 5.43. The Balaban J connectivity index is 1.78. The van der Waals surface area contributed by atoms with Crippen molar-refractivity contribution >= 4 is 5.69 Å². The van der Waals surface area contributed by atoms with Gasteiger partial charge in [-0.15, -0.1) is 0 Å². The lowest BCUT2D eigenvalue weighted by molar-refractivity contribution is 0.354. The third-order valence-corrected chi connectivity index (χ3v) is 4.64. The van der Waals surface area contributed by atoms with Crippen LogP contribution in [-0.4, -0.2) is 35.0 Å². The summed E-state index contributed by atoms with van der Waals surface area (Å²) < 4.78 is 2.06. The van der Waals surface area contributed by atoms with Crippen molar-refractivity contribution < 1.29 is 0 Å². The van der Waals surface area contributed by atoms with Gasteiger partial charge in [-0.3, -0.25) is 4.68 Å². The van der Waals surface area contributed by atoms with Gasteiger partial charge in [-0.25, -0.2) is 0 Å². The minimum atomic E-state index is 0.371. The summed E-state index contributed by atoms with van der Waals surface area (Å²) >= 11 is 0. The van der Waals surface area contributed by atoms with Crippen LogP contribution in [0.25, 0.3) is 0 Å². The normalized spacial score (nSPS) is 23.2. The van der Waals surface area contributed by atoms with Crippen molar-refractivity contribution in [2.24, 2.45) is 0 Å². The quantitative estimate of drug-likeness (QED) is 0.889. The highest BCUT2D eigenvalue weighted by Gasteiger charge is 2.36. The van der Waals surface area contributed by atoms with Crippen molar-refractivity contribution in [1.82, 2.24) is 15.1 Å². The second-order valence-electron chi connectivity index (χ2n) is 6.46. The molecule has 1 spiro atoms. The summed E-state index contributed by atoms with van der Waals surface area (Å²) in [6.07, 6.45) is 10.9. The molecule has 1 aliphatic carbocycles. The second-order valence-corrected chi connectivity index (χ2v) is 6.46. The number of nitrogens with zero attached hydrogens (tertiary/aromatic N) is 3. The van der Waals surface area contributed by atoms with E-state index < -0.39 is 0 Å². The van der Waals surface area contributed by atoms with Crippen LogP contribution in [0.4, 0.5) is 5.69 Å². The molecular formula is C15H26N4. The molecule has 3 rings (SSSR count). The fraction of sp³-hybridized carbons (Fsp3) is 0.800. The van der Waals surface area contributed by atoms with E-state index in [4.69, 9.17) is 0 Å². The molecule has 0 radical (unpaired) electrons. The highest BCUT2D eigenvalue weighted by Crippen LogP contribution is 2.33. The molecule has 2 aliphatic rings. The number of hydrogen-bond acceptors (Lipinski definition) is 3. The zero-order valence-corrected chi connectivity index (χ0v) is 12.2. The molecule has 0 atom stereocenters. The van der Waals surface area contributed by atoms with E-state index in [1.165, 1.54) is 37.8 Å². The molecule has 0 aromatic carbocycles. The molecule has 4 heteroatoms. The molecule has 19 heavy (non-hydrogen) atoms. The first kappa shape index (κ1) is 13.0. The molecule has 2 heterocycles. The average Bonchev–Trinajstić information content (AvgIpc) is 2.97. The van der Waals surface area contributed by atoms with Gasteiger partial charge in [-0.05, 0) is 39.7 Å². The number of aromatic nitrogens is 2. The SMILES string of the molecule is CC(C)n1cc(N2CCCNC3(CCCC3)C2)cn1. The minimum Gasteiger partial charge on any atom is -0.367 e. The Morgan fingerprint density at radius 2 is 2.05 bits per heavy atom. The lowest BCUT2D eigenvalue weighted by atomic mass is 9.97. The van der Waals surface area contributed by atoms with Gasteiger partial charge in [-0.1, -0.05) is 12.8 Å². The van der Waals surface area contributed by atoms with Gasteiger partial charge in [0.1, 0.15) is 0 Å². The third kappa shape index (κ3) is 2.64. The molecule has 0 bridgehead atoms. The molecule has 2 fully saturated rings. The van der Waals surface area contributed by atoms with Crippen LogP contribution in [0.3, 0.4) is 0 Å². The summed E-state index contributed by atoms with van der Waals surface area (Å²) in [5.41, 5.74) is 1.67. The molecule has 0 amide bonds. The molecule has 1 saturated heterocycles. The number of nitrogens with one attached hydrogen (secondary N) is 1. The van der Waals surface area contributed by atoms with Gasteiger partial charge in [-0.2, -0.15) is 5.10 Å². The van der Waals surface area contributed by atoms with Gasteiger partial charge in [0.15, 0.2) is 0 Å². The predicted octanol–water partition coefficient (Wildman–Crippen LogP) is 2.58. The van der Waals surface area contributed by atoms with Gasteiger partial charge in [0.2, 0.25) is 0 Å². The van der Waals surface area contributed by atoms with Crippen LogP contribution in [0.2, 0.25) is 0 Å². The largest absolute Gasteiger partial charge is 0.367 e. The monoisotopic (exact) mass is 262 g/mol. The number of hydrogen-bond donors (Lipinski definition) is 1. The molecule has 4 nitrogen and oxygen atoms in total. The van der Waals surface area contributed by atoms with E-state index in [9.17, 15) is 0 Å². The summed E-state index contributed by atoms with van der Waals surface area (Å²) in [7, 11) is 0. The predicted molar refractivity (Wildman–Crippen MR) is 78.6 cm³/mol. The second kappa shape index (κ2) is 5.16. The molecule has 1 aliphatic heterocycles. The van der Waals surface area contributed by atoms with Gasteiger partial charge in [0.25, 0.3) is 0 Å². The Morgan fingerprint density at radius 3 is 2.74 bits per heavy atom. The molecule has 1 aromatic rings. The Kier molecular flexibility index (Phi) is 3.52. The Morgan fingerprint density at radius 1 is 1.26 bits per heavy atom. The van der Waals surface area contributed by atoms with Gasteiger partial charge in [0, 0.05) is 30.9 Å². The van der Waals surface area contributed by atoms with E-state index in [0.717, 1.165) is 19.6 Å². The van der Waals surface area contributed by atoms with Crippen LogP contribution in [0.1, 0.15) is 52.0 Å². The van der Waals surface area contributed by atoms with E-state index in [2.05, 4.69) is 40.0 Å². The highest BCUT2D eigenvalue weighted by atomic mass is 15.3. The molecule has 1 aromatic heterocycles. The standard InChI is InChI=1S/C15H26N4/c1-13(2)19-11-14(10-17-19)18-9-5-8-16-15(12-18)6-3-4-7-15/h10-11,13,16H,3-9,12H2,1-2H3. The summed E-state index contributed by atoms with van der Waals surface area (Å²) in [5, 5.41) is 8.31. The summed E-state index contributed by atoms with van der Waals surface area (Å²) in [6.45, 7) is 7.82. The van der Waals surface area contributed by atoms with Gasteiger partial charge in [0.05, 0.1) is 11.9 Å². The Hall–Kier alpha value is -1.03. The van der Waals surface area contributed by atoms with Gasteiger partial charge < -0.3 is 10.2 Å². The maximum atomic E-state index is 4.49. The smallest absolute Gasteiger partial charge is 0.0753 e. The van der Waals surface area contributed by atoms with Crippen LogP contribution in [0.15, 0.2) is 12.4 Å². The summed E-state index contributed by atoms with van der Waals surface area (Å²) in [4.78, 5) is 2.54. The topological polar surface area (TPSA) is 33.1 Å². The van der Waals surface area contributed by atoms with Crippen molar-refractivity contribution in [1.29, 1.82) is 0 Å². The van der Waals surface area contributed by atoms with E-state index >= 15 is 0 Å². The lowest BCUT2D eigenvalue weighted by Crippen LogP contribution is -2.49. The molecule has 1 saturated carbocycles. The maximum Gasteiger partial charge on any atom is 0.0753 e. The molecule has 0 unspecified atom stereocenters. The van der Waals surface area contributed by atoms with Crippen LogP contribution < -0.4 is 10.2 Å². The zero-order valence-electron chi connectivity index (χ0n) is 12.2. The average molecular weight is 262 g/mol. The molecular weight excluding hydrogens is 236 g/mol. The molecule has 1 N–H and O–H groups in total. The van der Waals surface area contributed by atoms with Crippen molar-refractivity contribution in [2.75, 3.05) is 24.5 Å². The summed E-state index contributed by atoms with van der Waals surface area (Å²) in [6, 6.07) is 0.444. The number of rotatable bonds is 2. The first-order valence-electron chi connectivity index (χ1n) is 7.73. The van der Waals surface area contributed by atoms with E-state index in [1.807, 2.05) is 6.20 Å². The van der Waals surface area contributed by atoms with Crippen LogP contribution in [0.5, 0.6) is 0 Å².